The Balaban J connectivity index is 1.86. The van der Waals surface area contributed by atoms with Gasteiger partial charge in [-0.05, 0) is 75.5 Å². The third-order valence-corrected chi connectivity index (χ3v) is 3.34. The van der Waals surface area contributed by atoms with Crippen molar-refractivity contribution < 1.29 is 14.3 Å². The highest BCUT2D eigenvalue weighted by Crippen LogP contribution is 2.25. The van der Waals surface area contributed by atoms with Gasteiger partial charge in [-0.2, -0.15) is 0 Å². The van der Waals surface area contributed by atoms with Crippen molar-refractivity contribution in [1.29, 1.82) is 0 Å². The van der Waals surface area contributed by atoms with Crippen LogP contribution in [0.5, 0.6) is 17.2 Å². The Hall–Kier alpha value is -2.53. The maximum absolute atomic E-state index is 11.8. The van der Waals surface area contributed by atoms with Gasteiger partial charge in [0.05, 0.1) is 6.61 Å². The van der Waals surface area contributed by atoms with Crippen LogP contribution in [-0.2, 0) is 4.79 Å². The molecule has 5 nitrogen and oxygen atoms in total. The molecule has 1 amide bonds. The minimum absolute atomic E-state index is 0.0189. The van der Waals surface area contributed by atoms with Gasteiger partial charge >= 0.3 is 0 Å². The highest BCUT2D eigenvalue weighted by Gasteiger charge is 2.03. The van der Waals surface area contributed by atoms with Crippen molar-refractivity contribution in [2.24, 2.45) is 0 Å². The molecule has 2 N–H and O–H groups in total. The Morgan fingerprint density at radius 2 is 1.54 bits per heavy atom. The number of hydrogen-bond acceptors (Lipinski definition) is 4. The molecule has 24 heavy (non-hydrogen) atoms. The number of nitrogens with one attached hydrogen (secondary N) is 2. The van der Waals surface area contributed by atoms with Crippen molar-refractivity contribution >= 4 is 11.6 Å². The lowest BCUT2D eigenvalue weighted by molar-refractivity contribution is -0.116. The summed E-state index contributed by atoms with van der Waals surface area (Å²) in [5.74, 6) is 2.29. The zero-order valence-corrected chi connectivity index (χ0v) is 14.2. The van der Waals surface area contributed by atoms with Crippen LogP contribution in [0.15, 0.2) is 48.5 Å². The summed E-state index contributed by atoms with van der Waals surface area (Å²) in [6.07, 6.45) is 1.33. The summed E-state index contributed by atoms with van der Waals surface area (Å²) < 4.78 is 11.2. The fourth-order valence-corrected chi connectivity index (χ4v) is 2.16. The Bertz CT molecular complexity index is 624. The maximum Gasteiger partial charge on any atom is 0.224 e. The normalized spacial score (nSPS) is 10.2. The molecule has 0 aliphatic carbocycles. The minimum atomic E-state index is 0.0189. The number of benzene rings is 2. The van der Waals surface area contributed by atoms with E-state index >= 15 is 0 Å². The van der Waals surface area contributed by atoms with Crippen LogP contribution in [0.25, 0.3) is 0 Å². The summed E-state index contributed by atoms with van der Waals surface area (Å²) in [5, 5.41) is 5.90. The van der Waals surface area contributed by atoms with Crippen molar-refractivity contribution in [1.82, 2.24) is 5.32 Å². The van der Waals surface area contributed by atoms with Gasteiger partial charge in [0.1, 0.15) is 17.2 Å². The summed E-state index contributed by atoms with van der Waals surface area (Å²) in [6.45, 7) is 3.43. The smallest absolute Gasteiger partial charge is 0.224 e. The lowest BCUT2D eigenvalue weighted by Crippen LogP contribution is -2.15. The maximum atomic E-state index is 11.8. The molecule has 0 aliphatic rings. The van der Waals surface area contributed by atoms with Gasteiger partial charge in [-0.1, -0.05) is 0 Å². The number of anilines is 1. The first kappa shape index (κ1) is 17.8. The standard InChI is InChI=1S/C19H24N2O3/c1-3-23-16-10-12-18(13-11-16)24-17-8-6-15(7-9-17)21-19(22)5-4-14-20-2/h6-13,20H,3-5,14H2,1-2H3,(H,21,22). The minimum Gasteiger partial charge on any atom is -0.494 e. The molecule has 0 fully saturated rings. The number of amides is 1. The molecule has 5 heteroatoms. The van der Waals surface area contributed by atoms with Gasteiger partial charge in [-0.3, -0.25) is 4.79 Å². The second-order valence-corrected chi connectivity index (χ2v) is 5.29. The average Bonchev–Trinajstić information content (AvgIpc) is 2.59. The Morgan fingerprint density at radius 1 is 0.958 bits per heavy atom. The van der Waals surface area contributed by atoms with Gasteiger partial charge in [-0.15, -0.1) is 0 Å². The zero-order chi connectivity index (χ0) is 17.2. The third kappa shape index (κ3) is 5.93. The van der Waals surface area contributed by atoms with Crippen LogP contribution in [0, 0.1) is 0 Å². The number of hydrogen-bond donors (Lipinski definition) is 2. The first-order chi connectivity index (χ1) is 11.7. The first-order valence-corrected chi connectivity index (χ1v) is 8.16. The molecular formula is C19H24N2O3. The Kier molecular flexibility index (Phi) is 7.11. The second-order valence-electron chi connectivity index (χ2n) is 5.29. The van der Waals surface area contributed by atoms with Crippen LogP contribution >= 0.6 is 0 Å². The molecule has 2 aromatic carbocycles. The van der Waals surface area contributed by atoms with Crippen LogP contribution < -0.4 is 20.1 Å². The first-order valence-electron chi connectivity index (χ1n) is 8.16. The van der Waals surface area contributed by atoms with Crippen LogP contribution in [0.3, 0.4) is 0 Å². The molecule has 128 valence electrons. The zero-order valence-electron chi connectivity index (χ0n) is 14.2. The van der Waals surface area contributed by atoms with Crippen molar-refractivity contribution in [2.75, 3.05) is 25.5 Å². The van der Waals surface area contributed by atoms with Crippen LogP contribution in [0.4, 0.5) is 5.69 Å². The summed E-state index contributed by atoms with van der Waals surface area (Å²) in [6, 6.07) is 14.8. The molecule has 0 aromatic heterocycles. The summed E-state index contributed by atoms with van der Waals surface area (Å²) in [7, 11) is 1.88. The number of carbonyl (C=O) groups excluding carboxylic acids is 1. The number of ether oxygens (including phenoxy) is 2. The number of carbonyl (C=O) groups is 1. The van der Waals surface area contributed by atoms with Gasteiger partial charge in [0.15, 0.2) is 0 Å². The molecular weight excluding hydrogens is 304 g/mol. The van der Waals surface area contributed by atoms with E-state index in [1.54, 1.807) is 0 Å². The molecule has 0 radical (unpaired) electrons. The number of rotatable bonds is 9. The topological polar surface area (TPSA) is 59.6 Å². The summed E-state index contributed by atoms with van der Waals surface area (Å²) in [4.78, 5) is 11.8. The molecule has 0 atom stereocenters. The van der Waals surface area contributed by atoms with E-state index < -0.39 is 0 Å². The van der Waals surface area contributed by atoms with Crippen molar-refractivity contribution in [3.05, 3.63) is 48.5 Å². The van der Waals surface area contributed by atoms with Gasteiger partial charge in [-0.25, -0.2) is 0 Å². The van der Waals surface area contributed by atoms with Gasteiger partial charge < -0.3 is 20.1 Å². The van der Waals surface area contributed by atoms with Crippen molar-refractivity contribution in [3.8, 4) is 17.2 Å². The Morgan fingerprint density at radius 3 is 2.12 bits per heavy atom. The van der Waals surface area contributed by atoms with E-state index in [9.17, 15) is 4.79 Å². The Labute approximate surface area is 143 Å². The van der Waals surface area contributed by atoms with E-state index in [1.807, 2.05) is 62.5 Å². The van der Waals surface area contributed by atoms with Crippen molar-refractivity contribution in [2.45, 2.75) is 19.8 Å². The highest BCUT2D eigenvalue weighted by atomic mass is 16.5. The molecule has 2 aromatic rings. The molecule has 0 aliphatic heterocycles. The van der Waals surface area contributed by atoms with E-state index in [-0.39, 0.29) is 5.91 Å². The summed E-state index contributed by atoms with van der Waals surface area (Å²) >= 11 is 0. The third-order valence-electron chi connectivity index (χ3n) is 3.34. The fraction of sp³-hybridized carbons (Fsp3) is 0.316. The molecule has 0 saturated carbocycles. The van der Waals surface area contributed by atoms with E-state index in [1.165, 1.54) is 0 Å². The molecule has 0 bridgehead atoms. The van der Waals surface area contributed by atoms with Gasteiger partial charge in [0, 0.05) is 12.1 Å². The SMILES string of the molecule is CCOc1ccc(Oc2ccc(NC(=O)CCCNC)cc2)cc1. The van der Waals surface area contributed by atoms with Crippen LogP contribution in [0.2, 0.25) is 0 Å². The lowest BCUT2D eigenvalue weighted by atomic mass is 10.2. The predicted molar refractivity (Wildman–Crippen MR) is 95.9 cm³/mol. The largest absolute Gasteiger partial charge is 0.494 e. The average molecular weight is 328 g/mol. The van der Waals surface area contributed by atoms with E-state index in [4.69, 9.17) is 9.47 Å². The van der Waals surface area contributed by atoms with E-state index in [0.717, 1.165) is 30.2 Å². The van der Waals surface area contributed by atoms with E-state index in [2.05, 4.69) is 10.6 Å². The summed E-state index contributed by atoms with van der Waals surface area (Å²) in [5.41, 5.74) is 0.767. The fourth-order valence-electron chi connectivity index (χ4n) is 2.16. The van der Waals surface area contributed by atoms with Crippen molar-refractivity contribution in [3.63, 3.8) is 0 Å². The molecule has 0 spiro atoms. The van der Waals surface area contributed by atoms with Crippen LogP contribution in [0.1, 0.15) is 19.8 Å². The second kappa shape index (κ2) is 9.57. The lowest BCUT2D eigenvalue weighted by Gasteiger charge is -2.09. The molecule has 2 rings (SSSR count). The van der Waals surface area contributed by atoms with Gasteiger partial charge in [0.25, 0.3) is 0 Å². The van der Waals surface area contributed by atoms with Crippen LogP contribution in [-0.4, -0.2) is 26.1 Å². The molecule has 0 saturated heterocycles. The predicted octanol–water partition coefficient (Wildman–Crippen LogP) is 3.82. The monoisotopic (exact) mass is 328 g/mol. The molecule has 0 heterocycles. The molecule has 0 unspecified atom stereocenters. The van der Waals surface area contributed by atoms with Gasteiger partial charge in [0.2, 0.25) is 5.91 Å². The van der Waals surface area contributed by atoms with E-state index in [0.29, 0.717) is 18.8 Å². The highest BCUT2D eigenvalue weighted by molar-refractivity contribution is 5.90. The quantitative estimate of drug-likeness (QED) is 0.687.